The third-order valence-electron chi connectivity index (χ3n) is 1.59. The quantitative estimate of drug-likeness (QED) is 0.740. The molecule has 72 valence electrons. The molecule has 3 N–H and O–H groups in total. The van der Waals surface area contributed by atoms with E-state index < -0.39 is 0 Å². The smallest absolute Gasteiger partial charge is 0.155 e. The Labute approximate surface area is 80.1 Å². The maximum Gasteiger partial charge on any atom is 0.155 e. The van der Waals surface area contributed by atoms with E-state index in [0.717, 1.165) is 5.76 Å². The molecule has 6 nitrogen and oxygen atoms in total. The van der Waals surface area contributed by atoms with Crippen LogP contribution in [0, 0.1) is 0 Å². The lowest BCUT2D eigenvalue weighted by atomic mass is 10.4. The molecule has 14 heavy (non-hydrogen) atoms. The summed E-state index contributed by atoms with van der Waals surface area (Å²) in [6, 6.07) is 1.77. The normalized spacial score (nSPS) is 10.0. The van der Waals surface area contributed by atoms with E-state index in [4.69, 9.17) is 10.3 Å². The van der Waals surface area contributed by atoms with Gasteiger partial charge in [0.25, 0.3) is 0 Å². The minimum Gasteiger partial charge on any atom is -0.382 e. The third-order valence-corrected chi connectivity index (χ3v) is 1.59. The minimum atomic E-state index is 0.382. The Bertz CT molecular complexity index is 400. The zero-order chi connectivity index (χ0) is 9.80. The molecule has 2 aromatic rings. The lowest BCUT2D eigenvalue weighted by molar-refractivity contribution is 0.388. The van der Waals surface area contributed by atoms with Crippen molar-refractivity contribution in [3.05, 3.63) is 30.4 Å². The maximum absolute atomic E-state index is 5.46. The lowest BCUT2D eigenvalue weighted by Crippen LogP contribution is -2.02. The maximum atomic E-state index is 5.46. The first-order chi connectivity index (χ1) is 6.84. The summed E-state index contributed by atoms with van der Waals surface area (Å²) in [5, 5.41) is 6.58. The number of nitrogens with two attached hydrogens (primary N) is 1. The van der Waals surface area contributed by atoms with Gasteiger partial charge in [-0.2, -0.15) is 0 Å². The molecule has 0 fully saturated rings. The topological polar surface area (TPSA) is 89.9 Å². The SMILES string of the molecule is Nc1cncc(NCc2ccno2)n1. The number of rotatable bonds is 3. The van der Waals surface area contributed by atoms with Gasteiger partial charge in [-0.1, -0.05) is 5.16 Å². The molecule has 2 rings (SSSR count). The summed E-state index contributed by atoms with van der Waals surface area (Å²) < 4.78 is 4.89. The number of aromatic nitrogens is 3. The highest BCUT2D eigenvalue weighted by Crippen LogP contribution is 2.05. The van der Waals surface area contributed by atoms with Crippen molar-refractivity contribution in [1.82, 2.24) is 15.1 Å². The first-order valence-electron chi connectivity index (χ1n) is 4.05. The fourth-order valence-corrected chi connectivity index (χ4v) is 0.977. The van der Waals surface area contributed by atoms with Crippen LogP contribution in [0.5, 0.6) is 0 Å². The molecule has 0 bridgehead atoms. The van der Waals surface area contributed by atoms with Crippen LogP contribution >= 0.6 is 0 Å². The van der Waals surface area contributed by atoms with Crippen LogP contribution < -0.4 is 11.1 Å². The van der Waals surface area contributed by atoms with Gasteiger partial charge in [-0.15, -0.1) is 0 Å². The number of anilines is 2. The molecule has 0 unspecified atom stereocenters. The molecule has 2 heterocycles. The molecule has 0 spiro atoms. The van der Waals surface area contributed by atoms with Gasteiger partial charge in [-0.05, 0) is 0 Å². The van der Waals surface area contributed by atoms with Crippen LogP contribution in [0.4, 0.5) is 11.6 Å². The molecule has 0 atom stereocenters. The largest absolute Gasteiger partial charge is 0.382 e. The number of hydrogen-bond acceptors (Lipinski definition) is 6. The van der Waals surface area contributed by atoms with Crippen molar-refractivity contribution >= 4 is 11.6 Å². The summed E-state index contributed by atoms with van der Waals surface area (Å²) in [4.78, 5) is 7.90. The second-order valence-corrected chi connectivity index (χ2v) is 2.66. The summed E-state index contributed by atoms with van der Waals surface area (Å²) in [5.41, 5.74) is 5.46. The average Bonchev–Trinajstić information content (AvgIpc) is 2.67. The monoisotopic (exact) mass is 191 g/mol. The standard InChI is InChI=1S/C8H9N5O/c9-7-4-10-5-8(13-7)11-3-6-1-2-12-14-6/h1-2,4-5H,3H2,(H3,9,11,13). The van der Waals surface area contributed by atoms with Crippen LogP contribution in [0.1, 0.15) is 5.76 Å². The van der Waals surface area contributed by atoms with Gasteiger partial charge in [-0.25, -0.2) is 4.98 Å². The first-order valence-corrected chi connectivity index (χ1v) is 4.05. The average molecular weight is 191 g/mol. The Morgan fingerprint density at radius 1 is 1.43 bits per heavy atom. The van der Waals surface area contributed by atoms with Gasteiger partial charge in [0.15, 0.2) is 5.76 Å². The molecule has 2 aromatic heterocycles. The van der Waals surface area contributed by atoms with Crippen LogP contribution in [0.25, 0.3) is 0 Å². The second-order valence-electron chi connectivity index (χ2n) is 2.66. The van der Waals surface area contributed by atoms with E-state index in [1.807, 2.05) is 0 Å². The van der Waals surface area contributed by atoms with Gasteiger partial charge in [-0.3, -0.25) is 4.98 Å². The van der Waals surface area contributed by atoms with E-state index in [2.05, 4.69) is 20.4 Å². The molecule has 0 aliphatic rings. The van der Waals surface area contributed by atoms with Gasteiger partial charge in [0.05, 0.1) is 25.1 Å². The molecule has 0 saturated carbocycles. The van der Waals surface area contributed by atoms with Crippen molar-refractivity contribution in [3.8, 4) is 0 Å². The summed E-state index contributed by atoms with van der Waals surface area (Å²) >= 11 is 0. The number of nitrogens with zero attached hydrogens (tertiary/aromatic N) is 3. The molecular weight excluding hydrogens is 182 g/mol. The second kappa shape index (κ2) is 3.73. The van der Waals surface area contributed by atoms with Gasteiger partial charge in [0, 0.05) is 6.07 Å². The molecular formula is C8H9N5O. The van der Waals surface area contributed by atoms with E-state index in [-0.39, 0.29) is 0 Å². The van der Waals surface area contributed by atoms with Crippen LogP contribution in [0.2, 0.25) is 0 Å². The van der Waals surface area contributed by atoms with Crippen molar-refractivity contribution in [3.63, 3.8) is 0 Å². The predicted molar refractivity (Wildman–Crippen MR) is 50.3 cm³/mol. The zero-order valence-electron chi connectivity index (χ0n) is 7.34. The number of hydrogen-bond donors (Lipinski definition) is 2. The first kappa shape index (κ1) is 8.49. The summed E-state index contributed by atoms with van der Waals surface area (Å²) in [6.45, 7) is 0.512. The van der Waals surface area contributed by atoms with Crippen molar-refractivity contribution in [2.75, 3.05) is 11.1 Å². The fourth-order valence-electron chi connectivity index (χ4n) is 0.977. The summed E-state index contributed by atoms with van der Waals surface area (Å²) in [6.07, 6.45) is 4.66. The zero-order valence-corrected chi connectivity index (χ0v) is 7.34. The Morgan fingerprint density at radius 3 is 3.07 bits per heavy atom. The summed E-state index contributed by atoms with van der Waals surface area (Å²) in [7, 11) is 0. The molecule has 0 aliphatic carbocycles. The molecule has 0 amide bonds. The van der Waals surface area contributed by atoms with E-state index in [9.17, 15) is 0 Å². The molecule has 6 heteroatoms. The fraction of sp³-hybridized carbons (Fsp3) is 0.125. The van der Waals surface area contributed by atoms with Crippen LogP contribution in [0.3, 0.4) is 0 Å². The van der Waals surface area contributed by atoms with Gasteiger partial charge in [0.1, 0.15) is 11.6 Å². The Morgan fingerprint density at radius 2 is 2.36 bits per heavy atom. The van der Waals surface area contributed by atoms with E-state index >= 15 is 0 Å². The van der Waals surface area contributed by atoms with Crippen LogP contribution in [-0.4, -0.2) is 15.1 Å². The third kappa shape index (κ3) is 1.98. The van der Waals surface area contributed by atoms with E-state index in [1.54, 1.807) is 18.5 Å². The summed E-state index contributed by atoms with van der Waals surface area (Å²) in [5.74, 6) is 1.73. The highest BCUT2D eigenvalue weighted by molar-refractivity contribution is 5.38. The van der Waals surface area contributed by atoms with Gasteiger partial charge < -0.3 is 15.6 Å². The Balaban J connectivity index is 1.98. The van der Waals surface area contributed by atoms with Crippen molar-refractivity contribution in [1.29, 1.82) is 0 Å². The molecule has 0 radical (unpaired) electrons. The highest BCUT2D eigenvalue weighted by atomic mass is 16.5. The number of nitrogen functional groups attached to an aromatic ring is 1. The molecule has 0 aromatic carbocycles. The van der Waals surface area contributed by atoms with Crippen LogP contribution in [0.15, 0.2) is 29.2 Å². The van der Waals surface area contributed by atoms with Crippen LogP contribution in [-0.2, 0) is 6.54 Å². The predicted octanol–water partition coefficient (Wildman–Crippen LogP) is 0.659. The number of nitrogens with one attached hydrogen (secondary N) is 1. The Kier molecular flexibility index (Phi) is 2.26. The van der Waals surface area contributed by atoms with Gasteiger partial charge in [0.2, 0.25) is 0 Å². The molecule has 0 saturated heterocycles. The lowest BCUT2D eigenvalue weighted by Gasteiger charge is -2.01. The van der Waals surface area contributed by atoms with Crippen molar-refractivity contribution < 1.29 is 4.52 Å². The van der Waals surface area contributed by atoms with E-state index in [0.29, 0.717) is 18.2 Å². The Hall–Kier alpha value is -2.11. The van der Waals surface area contributed by atoms with E-state index in [1.165, 1.54) is 6.20 Å². The van der Waals surface area contributed by atoms with Crippen molar-refractivity contribution in [2.45, 2.75) is 6.54 Å². The molecule has 0 aliphatic heterocycles. The van der Waals surface area contributed by atoms with Gasteiger partial charge >= 0.3 is 0 Å². The highest BCUT2D eigenvalue weighted by Gasteiger charge is 1.98. The van der Waals surface area contributed by atoms with Crippen molar-refractivity contribution in [2.24, 2.45) is 0 Å². The minimum absolute atomic E-state index is 0.382.